The van der Waals surface area contributed by atoms with Crippen LogP contribution in [0.15, 0.2) is 48.7 Å². The van der Waals surface area contributed by atoms with Gasteiger partial charge >= 0.3 is 7.12 Å². The number of hydrogen-bond acceptors (Lipinski definition) is 4. The number of nitrogens with zero attached hydrogens (tertiary/aromatic N) is 1. The third kappa shape index (κ3) is 2.87. The van der Waals surface area contributed by atoms with Gasteiger partial charge < -0.3 is 14.0 Å². The van der Waals surface area contributed by atoms with Gasteiger partial charge in [-0.05, 0) is 51.4 Å². The van der Waals surface area contributed by atoms with Crippen LogP contribution in [0.2, 0.25) is 0 Å². The molecule has 3 rings (SSSR count). The zero-order valence-electron chi connectivity index (χ0n) is 13.4. The number of benzene rings is 1. The first-order chi connectivity index (χ1) is 10.4. The molecule has 0 radical (unpaired) electrons. The van der Waals surface area contributed by atoms with Gasteiger partial charge in [0.05, 0.1) is 11.2 Å². The van der Waals surface area contributed by atoms with E-state index in [0.717, 1.165) is 5.46 Å². The summed E-state index contributed by atoms with van der Waals surface area (Å²) in [6, 6.07) is 13.3. The quantitative estimate of drug-likeness (QED) is 0.816. The van der Waals surface area contributed by atoms with Crippen molar-refractivity contribution >= 4 is 12.6 Å². The van der Waals surface area contributed by atoms with Crippen LogP contribution in [-0.2, 0) is 9.31 Å². The van der Waals surface area contributed by atoms with E-state index in [1.54, 1.807) is 6.20 Å². The highest BCUT2D eigenvalue weighted by Crippen LogP contribution is 2.36. The molecule has 2 heterocycles. The maximum atomic E-state index is 6.06. The summed E-state index contributed by atoms with van der Waals surface area (Å²) in [5, 5.41) is 0. The lowest BCUT2D eigenvalue weighted by molar-refractivity contribution is 0.00578. The Labute approximate surface area is 131 Å². The van der Waals surface area contributed by atoms with Crippen molar-refractivity contribution in [3.05, 3.63) is 48.7 Å². The molecule has 0 atom stereocenters. The first-order valence-corrected chi connectivity index (χ1v) is 7.42. The third-order valence-electron chi connectivity index (χ3n) is 4.24. The zero-order chi connectivity index (χ0) is 15.8. The second kappa shape index (κ2) is 5.41. The van der Waals surface area contributed by atoms with Gasteiger partial charge in [0.25, 0.3) is 0 Å². The van der Waals surface area contributed by atoms with E-state index in [0.29, 0.717) is 11.6 Å². The Morgan fingerprint density at radius 1 is 0.955 bits per heavy atom. The molecular formula is C17H20BNO3. The average Bonchev–Trinajstić information content (AvgIpc) is 2.69. The minimum atomic E-state index is -0.391. The van der Waals surface area contributed by atoms with Crippen LogP contribution in [-0.4, -0.2) is 23.3 Å². The average molecular weight is 297 g/mol. The molecule has 1 aliphatic heterocycles. The van der Waals surface area contributed by atoms with Crippen LogP contribution < -0.4 is 10.2 Å². The fourth-order valence-corrected chi connectivity index (χ4v) is 2.23. The van der Waals surface area contributed by atoms with Gasteiger partial charge in [-0.3, -0.25) is 0 Å². The molecule has 22 heavy (non-hydrogen) atoms. The van der Waals surface area contributed by atoms with Gasteiger partial charge in [0, 0.05) is 12.3 Å². The largest absolute Gasteiger partial charge is 0.494 e. The maximum Gasteiger partial charge on any atom is 0.494 e. The van der Waals surface area contributed by atoms with Crippen molar-refractivity contribution in [3.8, 4) is 11.6 Å². The predicted molar refractivity (Wildman–Crippen MR) is 86.5 cm³/mol. The molecule has 1 fully saturated rings. The Morgan fingerprint density at radius 3 is 2.32 bits per heavy atom. The summed E-state index contributed by atoms with van der Waals surface area (Å²) in [6.07, 6.45) is 1.70. The molecule has 1 aromatic carbocycles. The minimum Gasteiger partial charge on any atom is -0.439 e. The number of ether oxygens (including phenoxy) is 1. The van der Waals surface area contributed by atoms with E-state index in [9.17, 15) is 0 Å². The summed E-state index contributed by atoms with van der Waals surface area (Å²) in [6.45, 7) is 8.17. The molecule has 0 aliphatic carbocycles. The van der Waals surface area contributed by atoms with Gasteiger partial charge in [0.2, 0.25) is 5.88 Å². The second-order valence-electron chi connectivity index (χ2n) is 6.43. The summed E-state index contributed by atoms with van der Waals surface area (Å²) in [5.41, 5.74) is 0.234. The van der Waals surface area contributed by atoms with Crippen LogP contribution in [0.25, 0.3) is 0 Å². The Hall–Kier alpha value is -1.85. The summed E-state index contributed by atoms with van der Waals surface area (Å²) in [5.74, 6) is 1.28. The highest BCUT2D eigenvalue weighted by molar-refractivity contribution is 6.62. The Kier molecular flexibility index (Phi) is 3.71. The van der Waals surface area contributed by atoms with Gasteiger partial charge in [-0.25, -0.2) is 4.98 Å². The Bertz CT molecular complexity index is 642. The summed E-state index contributed by atoms with van der Waals surface area (Å²) in [7, 11) is -0.391. The number of hydrogen-bond donors (Lipinski definition) is 0. The number of aromatic nitrogens is 1. The van der Waals surface area contributed by atoms with Crippen molar-refractivity contribution in [3.63, 3.8) is 0 Å². The molecule has 0 bridgehead atoms. The smallest absolute Gasteiger partial charge is 0.439 e. The first kappa shape index (κ1) is 15.1. The normalized spacial score (nSPS) is 19.2. The summed E-state index contributed by atoms with van der Waals surface area (Å²) >= 11 is 0. The van der Waals surface area contributed by atoms with Gasteiger partial charge in [-0.1, -0.05) is 18.2 Å². The van der Waals surface area contributed by atoms with Gasteiger partial charge in [-0.15, -0.1) is 0 Å². The first-order valence-electron chi connectivity index (χ1n) is 7.42. The molecule has 0 N–H and O–H groups in total. The van der Waals surface area contributed by atoms with E-state index in [-0.39, 0.29) is 11.2 Å². The summed E-state index contributed by atoms with van der Waals surface area (Å²) in [4.78, 5) is 4.16. The van der Waals surface area contributed by atoms with Crippen molar-refractivity contribution in [2.45, 2.75) is 38.9 Å². The number of rotatable bonds is 3. The molecule has 0 saturated carbocycles. The molecule has 5 heteroatoms. The van der Waals surface area contributed by atoms with Crippen LogP contribution in [0.4, 0.5) is 0 Å². The van der Waals surface area contributed by atoms with E-state index in [4.69, 9.17) is 14.0 Å². The topological polar surface area (TPSA) is 40.6 Å². The third-order valence-corrected chi connectivity index (χ3v) is 4.24. The van der Waals surface area contributed by atoms with Crippen LogP contribution in [0.3, 0.4) is 0 Å². The standard InChI is InChI=1S/C17H20BNO3/c1-16(2)17(3,4)22-18(21-16)13-8-7-9-14(12-13)20-15-10-5-6-11-19-15/h5-12H,1-4H3. The molecule has 0 amide bonds. The van der Waals surface area contributed by atoms with Gasteiger partial charge in [-0.2, -0.15) is 0 Å². The molecule has 1 aromatic heterocycles. The molecule has 1 aliphatic rings. The zero-order valence-corrected chi connectivity index (χ0v) is 13.4. The van der Waals surface area contributed by atoms with Gasteiger partial charge in [0.15, 0.2) is 0 Å². The van der Waals surface area contributed by atoms with E-state index >= 15 is 0 Å². The van der Waals surface area contributed by atoms with Crippen molar-refractivity contribution < 1.29 is 14.0 Å². The lowest BCUT2D eigenvalue weighted by Crippen LogP contribution is -2.41. The molecular weight excluding hydrogens is 277 g/mol. The van der Waals surface area contributed by atoms with E-state index in [1.165, 1.54) is 0 Å². The van der Waals surface area contributed by atoms with E-state index < -0.39 is 7.12 Å². The fraction of sp³-hybridized carbons (Fsp3) is 0.353. The van der Waals surface area contributed by atoms with Gasteiger partial charge in [0.1, 0.15) is 5.75 Å². The molecule has 0 unspecified atom stereocenters. The SMILES string of the molecule is CC1(C)OB(c2cccc(Oc3ccccn3)c2)OC1(C)C. The predicted octanol–water partition coefficient (Wildman–Crippen LogP) is 3.17. The maximum absolute atomic E-state index is 6.06. The number of pyridine rings is 1. The molecule has 114 valence electrons. The van der Waals surface area contributed by atoms with Crippen LogP contribution in [0.5, 0.6) is 11.6 Å². The fourth-order valence-electron chi connectivity index (χ4n) is 2.23. The van der Waals surface area contributed by atoms with Crippen molar-refractivity contribution in [2.24, 2.45) is 0 Å². The van der Waals surface area contributed by atoms with Crippen LogP contribution in [0.1, 0.15) is 27.7 Å². The highest BCUT2D eigenvalue weighted by atomic mass is 16.7. The molecule has 4 nitrogen and oxygen atoms in total. The Balaban J connectivity index is 1.81. The summed E-state index contributed by atoms with van der Waals surface area (Å²) < 4.78 is 17.9. The van der Waals surface area contributed by atoms with E-state index in [1.807, 2.05) is 70.2 Å². The van der Waals surface area contributed by atoms with Crippen molar-refractivity contribution in [1.82, 2.24) is 4.98 Å². The van der Waals surface area contributed by atoms with E-state index in [2.05, 4.69) is 4.98 Å². The monoisotopic (exact) mass is 297 g/mol. The van der Waals surface area contributed by atoms with Crippen LogP contribution >= 0.6 is 0 Å². The molecule has 0 spiro atoms. The highest BCUT2D eigenvalue weighted by Gasteiger charge is 2.51. The van der Waals surface area contributed by atoms with Crippen LogP contribution in [0, 0.1) is 0 Å². The lowest BCUT2D eigenvalue weighted by atomic mass is 9.79. The second-order valence-corrected chi connectivity index (χ2v) is 6.43. The Morgan fingerprint density at radius 2 is 1.68 bits per heavy atom. The van der Waals surface area contributed by atoms with Crippen molar-refractivity contribution in [1.29, 1.82) is 0 Å². The minimum absolute atomic E-state index is 0.352. The van der Waals surface area contributed by atoms with Crippen molar-refractivity contribution in [2.75, 3.05) is 0 Å². The molecule has 1 saturated heterocycles. The molecule has 2 aromatic rings. The lowest BCUT2D eigenvalue weighted by Gasteiger charge is -2.32.